The number of carboxylic acid groups (broad SMARTS) is 1. The van der Waals surface area contributed by atoms with Crippen LogP contribution in [-0.2, 0) is 4.79 Å². The van der Waals surface area contributed by atoms with E-state index in [1.54, 1.807) is 0 Å². The van der Waals surface area contributed by atoms with Crippen molar-refractivity contribution in [3.8, 4) is 0 Å². The molecule has 3 N–H and O–H groups in total. The Balaban J connectivity index is 2.97. The van der Waals surface area contributed by atoms with E-state index in [-0.39, 0.29) is 12.8 Å². The molecule has 0 aromatic heterocycles. The lowest BCUT2D eigenvalue weighted by molar-refractivity contribution is -0.212. The summed E-state index contributed by atoms with van der Waals surface area (Å²) in [5.41, 5.74) is 1.93. The van der Waals surface area contributed by atoms with Gasteiger partial charge in [0.1, 0.15) is 0 Å². The fourth-order valence-corrected chi connectivity index (χ4v) is 1.91. The van der Waals surface area contributed by atoms with E-state index in [1.165, 1.54) is 0 Å². The summed E-state index contributed by atoms with van der Waals surface area (Å²) in [6.07, 6.45) is -3.17. The number of alkyl halides is 3. The highest BCUT2D eigenvalue weighted by atomic mass is 19.4. The molecular formula is C8H12F3NO2. The van der Waals surface area contributed by atoms with Gasteiger partial charge in [-0.15, -0.1) is 0 Å². The van der Waals surface area contributed by atoms with Gasteiger partial charge in [-0.25, -0.2) is 4.79 Å². The fraction of sp³-hybridized carbons (Fsp3) is 0.875. The van der Waals surface area contributed by atoms with Gasteiger partial charge in [-0.05, 0) is 18.8 Å². The lowest BCUT2D eigenvalue weighted by atomic mass is 9.83. The zero-order valence-electron chi connectivity index (χ0n) is 7.47. The minimum absolute atomic E-state index is 0.238. The Bertz CT molecular complexity index is 235. The second-order valence-electron chi connectivity index (χ2n) is 3.65. The van der Waals surface area contributed by atoms with E-state index in [9.17, 15) is 18.0 Å². The summed E-state index contributed by atoms with van der Waals surface area (Å²) in [5, 5.41) is 8.58. The van der Waals surface area contributed by atoms with E-state index in [4.69, 9.17) is 10.8 Å². The van der Waals surface area contributed by atoms with Crippen LogP contribution in [0.25, 0.3) is 0 Å². The Morgan fingerprint density at radius 1 is 1.29 bits per heavy atom. The molecule has 0 heterocycles. The number of nitrogens with two attached hydrogens (primary N) is 1. The Kier molecular flexibility index (Phi) is 2.76. The number of carboxylic acids is 1. The van der Waals surface area contributed by atoms with Crippen molar-refractivity contribution in [1.82, 2.24) is 0 Å². The van der Waals surface area contributed by atoms with Crippen LogP contribution in [0, 0.1) is 5.92 Å². The molecule has 0 saturated heterocycles. The van der Waals surface area contributed by atoms with Crippen LogP contribution in [0.2, 0.25) is 0 Å². The van der Waals surface area contributed by atoms with Crippen molar-refractivity contribution in [3.05, 3.63) is 0 Å². The molecule has 14 heavy (non-hydrogen) atoms. The van der Waals surface area contributed by atoms with Crippen LogP contribution in [-0.4, -0.2) is 22.8 Å². The molecule has 0 aromatic rings. The van der Waals surface area contributed by atoms with E-state index in [0.29, 0.717) is 12.8 Å². The second-order valence-corrected chi connectivity index (χ2v) is 3.65. The van der Waals surface area contributed by atoms with Crippen LogP contribution in [0.1, 0.15) is 25.7 Å². The molecule has 1 rings (SSSR count). The van der Waals surface area contributed by atoms with Crippen molar-refractivity contribution in [2.45, 2.75) is 37.4 Å². The summed E-state index contributed by atoms with van der Waals surface area (Å²) >= 11 is 0. The Morgan fingerprint density at radius 3 is 2.00 bits per heavy atom. The molecule has 0 aliphatic heterocycles. The number of aliphatic carboxylic acids is 1. The molecule has 0 aromatic carbocycles. The molecule has 1 atom stereocenters. The summed E-state index contributed by atoms with van der Waals surface area (Å²) in [6.45, 7) is 0. The molecule has 1 saturated carbocycles. The smallest absolute Gasteiger partial charge is 0.417 e. The molecule has 82 valence electrons. The average molecular weight is 211 g/mol. The van der Waals surface area contributed by atoms with Crippen LogP contribution in [0.15, 0.2) is 0 Å². The molecule has 0 bridgehead atoms. The summed E-state index contributed by atoms with van der Waals surface area (Å²) in [4.78, 5) is 10.6. The fourth-order valence-electron chi connectivity index (χ4n) is 1.91. The van der Waals surface area contributed by atoms with Gasteiger partial charge in [-0.3, -0.25) is 0 Å². The molecule has 6 heteroatoms. The van der Waals surface area contributed by atoms with Gasteiger partial charge in [0.15, 0.2) is 0 Å². The summed E-state index contributed by atoms with van der Waals surface area (Å²) in [7, 11) is 0. The normalized spacial score (nSPS) is 23.4. The number of rotatable bonds is 2. The highest BCUT2D eigenvalue weighted by Crippen LogP contribution is 2.42. The molecule has 0 spiro atoms. The third kappa shape index (κ3) is 1.58. The van der Waals surface area contributed by atoms with E-state index >= 15 is 0 Å². The van der Waals surface area contributed by atoms with Gasteiger partial charge >= 0.3 is 12.1 Å². The van der Waals surface area contributed by atoms with Crippen molar-refractivity contribution >= 4 is 5.97 Å². The Morgan fingerprint density at radius 2 is 1.71 bits per heavy atom. The second kappa shape index (κ2) is 3.42. The topological polar surface area (TPSA) is 63.3 Å². The SMILES string of the molecule is NC(C(=O)O)(C1CCCC1)C(F)(F)F. The standard InChI is InChI=1S/C8H12F3NO2/c9-8(10,11)7(12,6(13)14)5-3-1-2-4-5/h5H,1-4,12H2,(H,13,14). The molecule has 0 amide bonds. The van der Waals surface area contributed by atoms with Crippen molar-refractivity contribution in [2.24, 2.45) is 11.7 Å². The molecular weight excluding hydrogens is 199 g/mol. The minimum atomic E-state index is -4.88. The van der Waals surface area contributed by atoms with Crippen LogP contribution < -0.4 is 5.73 Å². The maximum absolute atomic E-state index is 12.5. The molecule has 0 radical (unpaired) electrons. The van der Waals surface area contributed by atoms with Crippen molar-refractivity contribution in [2.75, 3.05) is 0 Å². The van der Waals surface area contributed by atoms with Gasteiger partial charge in [-0.1, -0.05) is 12.8 Å². The highest BCUT2D eigenvalue weighted by Gasteiger charge is 2.62. The molecule has 1 aliphatic carbocycles. The van der Waals surface area contributed by atoms with Gasteiger partial charge in [0.2, 0.25) is 5.54 Å². The van der Waals surface area contributed by atoms with Gasteiger partial charge in [0, 0.05) is 0 Å². The highest BCUT2D eigenvalue weighted by molar-refractivity contribution is 5.80. The van der Waals surface area contributed by atoms with Gasteiger partial charge in [0.25, 0.3) is 0 Å². The first-order valence-corrected chi connectivity index (χ1v) is 4.39. The number of hydrogen-bond donors (Lipinski definition) is 2. The summed E-state index contributed by atoms with van der Waals surface area (Å²) in [5.74, 6) is -2.96. The molecule has 1 fully saturated rings. The number of carbonyl (C=O) groups is 1. The van der Waals surface area contributed by atoms with Crippen molar-refractivity contribution < 1.29 is 23.1 Å². The number of halogens is 3. The van der Waals surface area contributed by atoms with Gasteiger partial charge in [-0.2, -0.15) is 13.2 Å². The van der Waals surface area contributed by atoms with Crippen molar-refractivity contribution in [3.63, 3.8) is 0 Å². The zero-order valence-corrected chi connectivity index (χ0v) is 7.47. The van der Waals surface area contributed by atoms with Crippen LogP contribution in [0.4, 0.5) is 13.2 Å². The summed E-state index contributed by atoms with van der Waals surface area (Å²) < 4.78 is 37.5. The van der Waals surface area contributed by atoms with Crippen LogP contribution in [0.5, 0.6) is 0 Å². The predicted molar refractivity (Wildman–Crippen MR) is 42.6 cm³/mol. The third-order valence-electron chi connectivity index (χ3n) is 2.82. The van der Waals surface area contributed by atoms with Gasteiger partial charge in [0.05, 0.1) is 0 Å². The Labute approximate surface area is 79.1 Å². The lowest BCUT2D eigenvalue weighted by Gasteiger charge is -2.32. The first-order chi connectivity index (χ1) is 6.30. The monoisotopic (exact) mass is 211 g/mol. The first-order valence-electron chi connectivity index (χ1n) is 4.39. The Hall–Kier alpha value is -0.780. The molecule has 1 unspecified atom stereocenters. The van der Waals surface area contributed by atoms with E-state index in [2.05, 4.69) is 0 Å². The van der Waals surface area contributed by atoms with E-state index in [1.807, 2.05) is 0 Å². The quantitative estimate of drug-likeness (QED) is 0.727. The molecule has 3 nitrogen and oxygen atoms in total. The van der Waals surface area contributed by atoms with Crippen molar-refractivity contribution in [1.29, 1.82) is 0 Å². The molecule has 1 aliphatic rings. The lowest BCUT2D eigenvalue weighted by Crippen LogP contribution is -2.63. The third-order valence-corrected chi connectivity index (χ3v) is 2.82. The predicted octanol–water partition coefficient (Wildman–Crippen LogP) is 1.52. The number of hydrogen-bond acceptors (Lipinski definition) is 2. The first kappa shape index (κ1) is 11.3. The van der Waals surface area contributed by atoms with E-state index < -0.39 is 23.6 Å². The van der Waals surface area contributed by atoms with E-state index in [0.717, 1.165) is 0 Å². The van der Waals surface area contributed by atoms with Gasteiger partial charge < -0.3 is 10.8 Å². The minimum Gasteiger partial charge on any atom is -0.480 e. The summed E-state index contributed by atoms with van der Waals surface area (Å²) in [6, 6.07) is 0. The maximum Gasteiger partial charge on any atom is 0.417 e. The van der Waals surface area contributed by atoms with Crippen LogP contribution in [0.3, 0.4) is 0 Å². The average Bonchev–Trinajstić information content (AvgIpc) is 2.52. The zero-order chi connectivity index (χ0) is 11.0. The largest absolute Gasteiger partial charge is 0.480 e. The van der Waals surface area contributed by atoms with Crippen LogP contribution >= 0.6 is 0 Å². The maximum atomic E-state index is 12.5.